The van der Waals surface area contributed by atoms with Gasteiger partial charge < -0.3 is 5.11 Å². The molecule has 0 aliphatic heterocycles. The van der Waals surface area contributed by atoms with E-state index < -0.39 is 33.3 Å². The monoisotopic (exact) mass is 333 g/mol. The van der Waals surface area contributed by atoms with Gasteiger partial charge in [-0.25, -0.2) is 22.0 Å². The first-order valence-electron chi connectivity index (χ1n) is 5.52. The highest BCUT2D eigenvalue weighted by Crippen LogP contribution is 2.28. The van der Waals surface area contributed by atoms with E-state index in [0.29, 0.717) is 17.4 Å². The number of sulfonamides is 1. The molecule has 0 spiro atoms. The lowest BCUT2D eigenvalue weighted by Gasteiger charge is -2.07. The molecule has 0 saturated carbocycles. The summed E-state index contributed by atoms with van der Waals surface area (Å²) in [5.74, 6) is -3.00. The Morgan fingerprint density at radius 2 is 1.95 bits per heavy atom. The Bertz CT molecular complexity index is 815. The van der Waals surface area contributed by atoms with Gasteiger partial charge in [0.15, 0.2) is 0 Å². The fourth-order valence-corrected chi connectivity index (χ4v) is 4.00. The normalized spacial score (nSPS) is 11.4. The summed E-state index contributed by atoms with van der Waals surface area (Å²) < 4.78 is 52.2. The molecule has 112 valence electrons. The topological polar surface area (TPSA) is 83.5 Å². The number of thiophene rings is 1. The number of halogens is 2. The van der Waals surface area contributed by atoms with E-state index in [9.17, 15) is 22.0 Å². The maximum absolute atomic E-state index is 13.4. The van der Waals surface area contributed by atoms with Gasteiger partial charge in [0.2, 0.25) is 0 Å². The van der Waals surface area contributed by atoms with Crippen molar-refractivity contribution in [1.29, 1.82) is 0 Å². The number of anilines is 1. The Morgan fingerprint density at radius 1 is 1.29 bits per heavy atom. The van der Waals surface area contributed by atoms with Crippen LogP contribution in [0.25, 0.3) is 0 Å². The molecule has 2 rings (SSSR count). The van der Waals surface area contributed by atoms with Gasteiger partial charge in [0.25, 0.3) is 10.0 Å². The van der Waals surface area contributed by atoms with Gasteiger partial charge in [0.05, 0.1) is 5.69 Å². The number of rotatable bonds is 4. The Morgan fingerprint density at radius 3 is 2.52 bits per heavy atom. The van der Waals surface area contributed by atoms with Gasteiger partial charge in [-0.3, -0.25) is 4.72 Å². The summed E-state index contributed by atoms with van der Waals surface area (Å²) in [6, 6.07) is 3.50. The Balaban J connectivity index is 2.41. The molecule has 0 unspecified atom stereocenters. The van der Waals surface area contributed by atoms with Crippen LogP contribution in [0.2, 0.25) is 0 Å². The zero-order chi connectivity index (χ0) is 15.8. The standard InChI is InChI=1S/C12H9F2NO4S2/c1-6-4-10(20-11(6)12(16)17)21(18,19)15-9-5-7(13)2-3-8(9)14/h2-5,15H,1H3,(H,16,17). The van der Waals surface area contributed by atoms with Crippen LogP contribution in [0.5, 0.6) is 0 Å². The highest BCUT2D eigenvalue weighted by Gasteiger charge is 2.23. The zero-order valence-corrected chi connectivity index (χ0v) is 12.2. The first-order chi connectivity index (χ1) is 9.70. The van der Waals surface area contributed by atoms with Crippen LogP contribution < -0.4 is 4.72 Å². The molecule has 0 amide bonds. The highest BCUT2D eigenvalue weighted by atomic mass is 32.2. The quantitative estimate of drug-likeness (QED) is 0.901. The summed E-state index contributed by atoms with van der Waals surface area (Å²) in [5, 5.41) is 8.90. The number of aryl methyl sites for hydroxylation is 1. The summed E-state index contributed by atoms with van der Waals surface area (Å²) in [5.41, 5.74) is -0.273. The lowest BCUT2D eigenvalue weighted by atomic mass is 10.3. The summed E-state index contributed by atoms with van der Waals surface area (Å²) in [6.45, 7) is 1.45. The minimum atomic E-state index is -4.19. The summed E-state index contributed by atoms with van der Waals surface area (Å²) in [6.07, 6.45) is 0. The molecule has 1 heterocycles. The minimum absolute atomic E-state index is 0.130. The fraction of sp³-hybridized carbons (Fsp3) is 0.0833. The molecule has 0 fully saturated rings. The molecule has 21 heavy (non-hydrogen) atoms. The second-order valence-corrected chi connectivity index (χ2v) is 7.07. The molecule has 5 nitrogen and oxygen atoms in total. The molecule has 1 aromatic heterocycles. The SMILES string of the molecule is Cc1cc(S(=O)(=O)Nc2cc(F)ccc2F)sc1C(=O)O. The number of carbonyl (C=O) groups is 1. The van der Waals surface area contributed by atoms with E-state index in [2.05, 4.69) is 0 Å². The number of carboxylic acid groups (broad SMARTS) is 1. The number of hydrogen-bond donors (Lipinski definition) is 2. The van der Waals surface area contributed by atoms with E-state index >= 15 is 0 Å². The van der Waals surface area contributed by atoms with E-state index in [1.807, 2.05) is 4.72 Å². The molecule has 0 saturated heterocycles. The minimum Gasteiger partial charge on any atom is -0.477 e. The summed E-state index contributed by atoms with van der Waals surface area (Å²) >= 11 is 0.538. The maximum Gasteiger partial charge on any atom is 0.346 e. The Kier molecular flexibility index (Phi) is 3.97. The summed E-state index contributed by atoms with van der Waals surface area (Å²) in [7, 11) is -4.19. The Hall–Kier alpha value is -2.00. The average Bonchev–Trinajstić information content (AvgIpc) is 2.77. The van der Waals surface area contributed by atoms with Gasteiger partial charge in [-0.1, -0.05) is 0 Å². The summed E-state index contributed by atoms with van der Waals surface area (Å²) in [4.78, 5) is 10.8. The first kappa shape index (κ1) is 15.4. The molecule has 0 atom stereocenters. The molecule has 2 N–H and O–H groups in total. The number of carboxylic acids is 1. The third-order valence-corrected chi connectivity index (χ3v) is 5.59. The van der Waals surface area contributed by atoms with Gasteiger partial charge in [0.1, 0.15) is 20.7 Å². The van der Waals surface area contributed by atoms with Crippen LogP contribution in [0.1, 0.15) is 15.2 Å². The van der Waals surface area contributed by atoms with Gasteiger partial charge in [-0.2, -0.15) is 0 Å². The number of hydrogen-bond acceptors (Lipinski definition) is 4. The predicted molar refractivity (Wildman–Crippen MR) is 73.2 cm³/mol. The average molecular weight is 333 g/mol. The van der Waals surface area contributed by atoms with Crippen molar-refractivity contribution >= 4 is 33.0 Å². The second-order valence-electron chi connectivity index (χ2n) is 4.11. The fourth-order valence-electron chi connectivity index (χ4n) is 1.57. The lowest BCUT2D eigenvalue weighted by Crippen LogP contribution is -2.12. The van der Waals surface area contributed by atoms with Gasteiger partial charge >= 0.3 is 5.97 Å². The zero-order valence-electron chi connectivity index (χ0n) is 10.6. The second kappa shape index (κ2) is 5.41. The van der Waals surface area contributed by atoms with Crippen LogP contribution in [-0.2, 0) is 10.0 Å². The molecule has 1 aromatic carbocycles. The van der Waals surface area contributed by atoms with Gasteiger partial charge in [0, 0.05) is 6.07 Å². The van der Waals surface area contributed by atoms with Crippen LogP contribution in [0.4, 0.5) is 14.5 Å². The molecule has 0 bridgehead atoms. The number of nitrogens with one attached hydrogen (secondary N) is 1. The predicted octanol–water partition coefficient (Wildman–Crippen LogP) is 2.83. The van der Waals surface area contributed by atoms with E-state index in [1.165, 1.54) is 6.92 Å². The van der Waals surface area contributed by atoms with Gasteiger partial charge in [-0.15, -0.1) is 11.3 Å². The largest absolute Gasteiger partial charge is 0.477 e. The Labute approximate surface area is 122 Å². The molecule has 9 heteroatoms. The van der Waals surface area contributed by atoms with Gasteiger partial charge in [-0.05, 0) is 30.7 Å². The van der Waals surface area contributed by atoms with Crippen LogP contribution in [0.3, 0.4) is 0 Å². The molecular weight excluding hydrogens is 324 g/mol. The third-order valence-electron chi connectivity index (χ3n) is 2.53. The van der Waals surface area contributed by atoms with Crippen LogP contribution in [0.15, 0.2) is 28.5 Å². The van der Waals surface area contributed by atoms with E-state index in [4.69, 9.17) is 5.11 Å². The van der Waals surface area contributed by atoms with Crippen LogP contribution in [0, 0.1) is 18.6 Å². The van der Waals surface area contributed by atoms with Crippen molar-refractivity contribution in [2.24, 2.45) is 0 Å². The molecule has 2 aromatic rings. The van der Waals surface area contributed by atoms with E-state index in [0.717, 1.165) is 18.2 Å². The van der Waals surface area contributed by atoms with Crippen molar-refractivity contribution in [2.45, 2.75) is 11.1 Å². The number of benzene rings is 1. The highest BCUT2D eigenvalue weighted by molar-refractivity contribution is 7.94. The van der Waals surface area contributed by atoms with Crippen molar-refractivity contribution in [3.63, 3.8) is 0 Å². The first-order valence-corrected chi connectivity index (χ1v) is 7.82. The van der Waals surface area contributed by atoms with E-state index in [-0.39, 0.29) is 14.6 Å². The lowest BCUT2D eigenvalue weighted by molar-refractivity contribution is 0.0701. The van der Waals surface area contributed by atoms with Crippen molar-refractivity contribution in [3.05, 3.63) is 46.3 Å². The maximum atomic E-state index is 13.4. The molecule has 0 radical (unpaired) electrons. The molecule has 0 aliphatic rings. The van der Waals surface area contributed by atoms with Crippen molar-refractivity contribution in [2.75, 3.05) is 4.72 Å². The van der Waals surface area contributed by atoms with Crippen LogP contribution >= 0.6 is 11.3 Å². The molecule has 0 aliphatic carbocycles. The van der Waals surface area contributed by atoms with Crippen molar-refractivity contribution < 1.29 is 27.1 Å². The van der Waals surface area contributed by atoms with Crippen molar-refractivity contribution in [1.82, 2.24) is 0 Å². The van der Waals surface area contributed by atoms with E-state index in [1.54, 1.807) is 0 Å². The van der Waals surface area contributed by atoms with Crippen molar-refractivity contribution in [3.8, 4) is 0 Å². The number of aromatic carboxylic acids is 1. The third kappa shape index (κ3) is 3.19. The smallest absolute Gasteiger partial charge is 0.346 e. The van der Waals surface area contributed by atoms with Crippen LogP contribution in [-0.4, -0.2) is 19.5 Å². The molecular formula is C12H9F2NO4S2.